The highest BCUT2D eigenvalue weighted by Gasteiger charge is 2.50. The van der Waals surface area contributed by atoms with Crippen molar-refractivity contribution in [3.05, 3.63) is 111 Å². The van der Waals surface area contributed by atoms with Gasteiger partial charge in [-0.15, -0.1) is 0 Å². The van der Waals surface area contributed by atoms with Crippen molar-refractivity contribution in [2.24, 2.45) is 10.1 Å². The third kappa shape index (κ3) is 7.20. The molecule has 42 heavy (non-hydrogen) atoms. The van der Waals surface area contributed by atoms with Crippen LogP contribution in [0.15, 0.2) is 82.9 Å². The highest BCUT2D eigenvalue weighted by molar-refractivity contribution is 6.01. The van der Waals surface area contributed by atoms with Crippen molar-refractivity contribution in [1.82, 2.24) is 5.32 Å². The molecule has 1 heterocycles. The first-order valence-corrected chi connectivity index (χ1v) is 13.3. The van der Waals surface area contributed by atoms with E-state index in [-0.39, 0.29) is 32.0 Å². The van der Waals surface area contributed by atoms with Gasteiger partial charge in [0, 0.05) is 36.5 Å². The molecule has 1 aliphatic rings. The summed E-state index contributed by atoms with van der Waals surface area (Å²) in [5.74, 6) is 0.389. The lowest BCUT2D eigenvalue weighted by Crippen LogP contribution is -2.52. The monoisotopic (exact) mass is 581 g/mol. The Morgan fingerprint density at radius 2 is 1.81 bits per heavy atom. The van der Waals surface area contributed by atoms with Gasteiger partial charge in [-0.05, 0) is 65.5 Å². The maximum absolute atomic E-state index is 13.9. The van der Waals surface area contributed by atoms with Crippen LogP contribution in [0.1, 0.15) is 41.2 Å². The third-order valence-corrected chi connectivity index (χ3v) is 6.94. The quantitative estimate of drug-likeness (QED) is 0.122. The van der Waals surface area contributed by atoms with Crippen LogP contribution in [0.5, 0.6) is 5.75 Å². The smallest absolute Gasteiger partial charge is 0.416 e. The standard InChI is InChI=1S/C30H30F3N5O4/c1-20-29(17-23-5-2-3-6-24(23)19-36-38-34,28(40)35-18-21-7-11-25(12-8-21)30(31,32)33)37-27(42-20)22-9-13-26(14-10-22)41-16-4-15-39/h2-3,5-14,20,39H,4,15-19H2,1H3,(H,35,40)/t20-,29-/m1/s1. The average Bonchev–Trinajstić information content (AvgIpc) is 3.32. The van der Waals surface area contributed by atoms with Crippen molar-refractivity contribution in [3.63, 3.8) is 0 Å². The number of aliphatic imine (C=N–C) groups is 1. The van der Waals surface area contributed by atoms with Crippen LogP contribution in [0.3, 0.4) is 0 Å². The molecule has 2 atom stereocenters. The number of aliphatic hydroxyl groups is 1. The number of carbonyl (C=O) groups excluding carboxylic acids is 1. The largest absolute Gasteiger partial charge is 0.494 e. The molecular weight excluding hydrogens is 551 g/mol. The van der Waals surface area contributed by atoms with E-state index in [2.05, 4.69) is 15.3 Å². The minimum Gasteiger partial charge on any atom is -0.494 e. The summed E-state index contributed by atoms with van der Waals surface area (Å²) in [6.07, 6.45) is -4.55. The van der Waals surface area contributed by atoms with E-state index in [1.807, 2.05) is 12.1 Å². The summed E-state index contributed by atoms with van der Waals surface area (Å²) in [5.41, 5.74) is 9.21. The second kappa shape index (κ2) is 13.4. The minimum atomic E-state index is -4.46. The van der Waals surface area contributed by atoms with Gasteiger partial charge in [-0.3, -0.25) is 4.79 Å². The summed E-state index contributed by atoms with van der Waals surface area (Å²) >= 11 is 0. The number of nitrogens with one attached hydrogen (secondary N) is 1. The molecule has 0 aromatic heterocycles. The van der Waals surface area contributed by atoms with Crippen molar-refractivity contribution in [3.8, 4) is 5.75 Å². The van der Waals surface area contributed by atoms with E-state index >= 15 is 0 Å². The molecule has 12 heteroatoms. The van der Waals surface area contributed by atoms with Crippen LogP contribution in [0, 0.1) is 0 Å². The van der Waals surface area contributed by atoms with Crippen LogP contribution in [0.4, 0.5) is 13.2 Å². The Morgan fingerprint density at radius 1 is 1.12 bits per heavy atom. The van der Waals surface area contributed by atoms with Crippen LogP contribution >= 0.6 is 0 Å². The Hall–Kier alpha value is -4.54. The van der Waals surface area contributed by atoms with Crippen LogP contribution < -0.4 is 10.1 Å². The minimum absolute atomic E-state index is 0.0173. The molecule has 0 radical (unpaired) electrons. The van der Waals surface area contributed by atoms with Crippen LogP contribution in [0.25, 0.3) is 10.4 Å². The van der Waals surface area contributed by atoms with E-state index in [4.69, 9.17) is 25.1 Å². The zero-order valence-corrected chi connectivity index (χ0v) is 22.8. The Kier molecular flexibility index (Phi) is 9.72. The summed E-state index contributed by atoms with van der Waals surface area (Å²) in [6.45, 7) is 2.18. The van der Waals surface area contributed by atoms with E-state index in [9.17, 15) is 18.0 Å². The first-order chi connectivity index (χ1) is 20.2. The topological polar surface area (TPSA) is 129 Å². The van der Waals surface area contributed by atoms with E-state index in [0.717, 1.165) is 23.3 Å². The number of amides is 1. The molecule has 0 bridgehead atoms. The van der Waals surface area contributed by atoms with Gasteiger partial charge in [0.25, 0.3) is 5.91 Å². The number of carbonyl (C=O) groups is 1. The van der Waals surface area contributed by atoms with E-state index in [0.29, 0.717) is 29.9 Å². The van der Waals surface area contributed by atoms with Crippen LogP contribution in [-0.2, 0) is 35.2 Å². The molecule has 0 aliphatic carbocycles. The molecule has 0 unspecified atom stereocenters. The lowest BCUT2D eigenvalue weighted by Gasteiger charge is -2.29. The summed E-state index contributed by atoms with van der Waals surface area (Å²) in [6, 6.07) is 18.8. The first-order valence-electron chi connectivity index (χ1n) is 13.3. The molecule has 1 amide bonds. The molecular formula is C30H30F3N5O4. The highest BCUT2D eigenvalue weighted by Crippen LogP contribution is 2.34. The maximum Gasteiger partial charge on any atom is 0.416 e. The Labute approximate surface area is 240 Å². The molecule has 9 nitrogen and oxygen atoms in total. The van der Waals surface area contributed by atoms with Gasteiger partial charge in [0.15, 0.2) is 5.54 Å². The molecule has 4 rings (SSSR count). The molecule has 0 fully saturated rings. The summed E-state index contributed by atoms with van der Waals surface area (Å²) < 4.78 is 50.6. The second-order valence-corrected chi connectivity index (χ2v) is 9.76. The lowest BCUT2D eigenvalue weighted by atomic mass is 9.84. The Bertz CT molecular complexity index is 1460. The predicted octanol–water partition coefficient (Wildman–Crippen LogP) is 5.74. The van der Waals surface area contributed by atoms with Crippen LogP contribution in [0.2, 0.25) is 0 Å². The molecule has 220 valence electrons. The SMILES string of the molecule is C[C@H]1OC(c2ccc(OCCCO)cc2)=N[C@@]1(Cc1ccccc1CN=[N+]=[N-])C(=O)NCc1ccc(C(F)(F)F)cc1. The third-order valence-electron chi connectivity index (χ3n) is 6.94. The maximum atomic E-state index is 13.9. The van der Waals surface area contributed by atoms with Gasteiger partial charge < -0.3 is 19.9 Å². The van der Waals surface area contributed by atoms with Gasteiger partial charge in [-0.2, -0.15) is 13.2 Å². The zero-order valence-electron chi connectivity index (χ0n) is 22.8. The molecule has 0 saturated heterocycles. The van der Waals surface area contributed by atoms with Gasteiger partial charge in [0.1, 0.15) is 11.9 Å². The Morgan fingerprint density at radius 3 is 2.45 bits per heavy atom. The van der Waals surface area contributed by atoms with Gasteiger partial charge in [-0.1, -0.05) is 41.5 Å². The fourth-order valence-electron chi connectivity index (χ4n) is 4.57. The summed E-state index contributed by atoms with van der Waals surface area (Å²) in [5, 5.41) is 15.5. The van der Waals surface area contributed by atoms with E-state index in [1.54, 1.807) is 43.3 Å². The first kappa shape index (κ1) is 30.4. The Balaban J connectivity index is 1.63. The van der Waals surface area contributed by atoms with E-state index < -0.39 is 29.3 Å². The molecule has 3 aromatic carbocycles. The van der Waals surface area contributed by atoms with Crippen molar-refractivity contribution < 1.29 is 32.5 Å². The van der Waals surface area contributed by atoms with Gasteiger partial charge in [-0.25, -0.2) is 4.99 Å². The number of halogens is 3. The predicted molar refractivity (Wildman–Crippen MR) is 150 cm³/mol. The number of hydrogen-bond donors (Lipinski definition) is 2. The number of aliphatic hydroxyl groups excluding tert-OH is 1. The summed E-state index contributed by atoms with van der Waals surface area (Å²) in [4.78, 5) is 21.5. The van der Waals surface area contributed by atoms with Crippen molar-refractivity contribution >= 4 is 11.8 Å². The zero-order chi connectivity index (χ0) is 30.2. The van der Waals surface area contributed by atoms with Crippen LogP contribution in [-0.4, -0.2) is 41.8 Å². The highest BCUT2D eigenvalue weighted by atomic mass is 19.4. The van der Waals surface area contributed by atoms with Crippen molar-refractivity contribution in [1.29, 1.82) is 0 Å². The summed E-state index contributed by atoms with van der Waals surface area (Å²) in [7, 11) is 0. The van der Waals surface area contributed by atoms with Gasteiger partial charge in [0.05, 0.1) is 18.7 Å². The van der Waals surface area contributed by atoms with E-state index in [1.165, 1.54) is 12.1 Å². The number of benzene rings is 3. The number of ether oxygens (including phenoxy) is 2. The van der Waals surface area contributed by atoms with Crippen molar-refractivity contribution in [2.75, 3.05) is 13.2 Å². The molecule has 1 aliphatic heterocycles. The van der Waals surface area contributed by atoms with Gasteiger partial charge >= 0.3 is 6.18 Å². The molecule has 2 N–H and O–H groups in total. The molecule has 3 aromatic rings. The molecule has 0 saturated carbocycles. The van der Waals surface area contributed by atoms with Crippen molar-refractivity contribution in [2.45, 2.75) is 50.7 Å². The number of alkyl halides is 3. The van der Waals surface area contributed by atoms with Gasteiger partial charge in [0.2, 0.25) is 5.90 Å². The number of nitrogens with zero attached hydrogens (tertiary/aromatic N) is 4. The molecule has 0 spiro atoms. The fraction of sp³-hybridized carbons (Fsp3) is 0.333. The lowest BCUT2D eigenvalue weighted by molar-refractivity contribution is -0.137. The second-order valence-electron chi connectivity index (χ2n) is 9.76. The normalized spacial score (nSPS) is 18.0. The number of rotatable bonds is 12. The number of azide groups is 1. The number of hydrogen-bond acceptors (Lipinski definition) is 6. The average molecular weight is 582 g/mol. The fourth-order valence-corrected chi connectivity index (χ4v) is 4.57.